The summed E-state index contributed by atoms with van der Waals surface area (Å²) in [5, 5.41) is 20.2. The third kappa shape index (κ3) is 5.80. The van der Waals surface area contributed by atoms with Crippen LogP contribution in [0.1, 0.15) is 47.2 Å². The Morgan fingerprint density at radius 2 is 1.70 bits per heavy atom. The molecule has 0 aliphatic carbocycles. The fourth-order valence-electron chi connectivity index (χ4n) is 4.39. The van der Waals surface area contributed by atoms with Crippen LogP contribution in [0.2, 0.25) is 0 Å². The summed E-state index contributed by atoms with van der Waals surface area (Å²) < 4.78 is 6.51. The molecule has 1 amide bonds. The van der Waals surface area contributed by atoms with E-state index < -0.39 is 17.7 Å². The maximum absolute atomic E-state index is 13.5. The van der Waals surface area contributed by atoms with E-state index in [-0.39, 0.29) is 11.3 Å². The number of aromatic nitrogens is 2. The highest BCUT2D eigenvalue weighted by atomic mass is 32.2. The zero-order valence-electron chi connectivity index (χ0n) is 22.5. The molecule has 1 atom stereocenters. The summed E-state index contributed by atoms with van der Waals surface area (Å²) in [5.74, 6) is -0.450. The number of hydrogen-bond acceptors (Lipinski definition) is 8. The Kier molecular flexibility index (Phi) is 8.32. The second kappa shape index (κ2) is 12.1. The van der Waals surface area contributed by atoms with Gasteiger partial charge in [0.15, 0.2) is 4.34 Å². The van der Waals surface area contributed by atoms with Crippen molar-refractivity contribution in [3.05, 3.63) is 106 Å². The van der Waals surface area contributed by atoms with E-state index in [4.69, 9.17) is 4.74 Å². The molecule has 1 aliphatic heterocycles. The van der Waals surface area contributed by atoms with E-state index in [2.05, 4.69) is 34.5 Å². The van der Waals surface area contributed by atoms with Crippen LogP contribution in [0.5, 0.6) is 5.75 Å². The van der Waals surface area contributed by atoms with Gasteiger partial charge in [-0.15, -0.1) is 10.2 Å². The predicted octanol–water partition coefficient (Wildman–Crippen LogP) is 6.86. The first-order valence-electron chi connectivity index (χ1n) is 13.0. The molecule has 1 aromatic heterocycles. The molecule has 1 unspecified atom stereocenters. The number of rotatable bonds is 9. The Balaban J connectivity index is 1.54. The number of aliphatic hydroxyl groups excluding tert-OH is 1. The second-order valence-electron chi connectivity index (χ2n) is 9.58. The van der Waals surface area contributed by atoms with E-state index in [0.717, 1.165) is 17.5 Å². The molecule has 7 nitrogen and oxygen atoms in total. The third-order valence-corrected chi connectivity index (χ3v) is 8.63. The molecule has 1 fully saturated rings. The maximum atomic E-state index is 13.5. The molecule has 204 valence electrons. The topological polar surface area (TPSA) is 92.6 Å². The summed E-state index contributed by atoms with van der Waals surface area (Å²) in [6.07, 6.45) is 0.837. The summed E-state index contributed by atoms with van der Waals surface area (Å²) in [6.45, 7) is 6.54. The summed E-state index contributed by atoms with van der Waals surface area (Å²) in [4.78, 5) is 28.3. The molecule has 0 radical (unpaired) electrons. The molecular formula is C31H29N3O4S2. The number of benzene rings is 3. The van der Waals surface area contributed by atoms with E-state index in [1.807, 2.05) is 51.1 Å². The van der Waals surface area contributed by atoms with Crippen molar-refractivity contribution in [2.24, 2.45) is 0 Å². The first-order valence-corrected chi connectivity index (χ1v) is 14.8. The van der Waals surface area contributed by atoms with Crippen LogP contribution in [-0.4, -0.2) is 33.6 Å². The molecule has 0 saturated carbocycles. The van der Waals surface area contributed by atoms with Crippen LogP contribution in [0.4, 0.5) is 5.13 Å². The molecule has 0 bridgehead atoms. The number of ether oxygens (including phenoxy) is 1. The fourth-order valence-corrected chi connectivity index (χ4v) is 6.22. The fraction of sp³-hybridized carbons (Fsp3) is 0.226. The number of carbonyl (C=O) groups is 2. The van der Waals surface area contributed by atoms with Gasteiger partial charge in [0.1, 0.15) is 11.5 Å². The highest BCUT2D eigenvalue weighted by molar-refractivity contribution is 8.00. The van der Waals surface area contributed by atoms with Crippen LogP contribution in [0.25, 0.3) is 5.76 Å². The molecule has 2 heterocycles. The van der Waals surface area contributed by atoms with Crippen molar-refractivity contribution < 1.29 is 19.4 Å². The zero-order chi connectivity index (χ0) is 28.2. The molecule has 1 aliphatic rings. The second-order valence-corrected chi connectivity index (χ2v) is 11.8. The predicted molar refractivity (Wildman–Crippen MR) is 159 cm³/mol. The lowest BCUT2D eigenvalue weighted by Gasteiger charge is -2.23. The van der Waals surface area contributed by atoms with Gasteiger partial charge in [0.2, 0.25) is 5.13 Å². The minimum atomic E-state index is -0.894. The molecule has 1 N–H and O–H groups in total. The maximum Gasteiger partial charge on any atom is 0.301 e. The number of ketones is 1. The summed E-state index contributed by atoms with van der Waals surface area (Å²) in [7, 11) is 0. The normalized spacial score (nSPS) is 16.5. The van der Waals surface area contributed by atoms with Gasteiger partial charge < -0.3 is 9.84 Å². The van der Waals surface area contributed by atoms with E-state index >= 15 is 0 Å². The summed E-state index contributed by atoms with van der Waals surface area (Å²) >= 11 is 2.76. The molecule has 5 rings (SSSR count). The van der Waals surface area contributed by atoms with E-state index in [1.54, 1.807) is 18.2 Å². The highest BCUT2D eigenvalue weighted by Gasteiger charge is 2.48. The van der Waals surface area contributed by atoms with E-state index in [9.17, 15) is 14.7 Å². The Morgan fingerprint density at radius 3 is 2.40 bits per heavy atom. The van der Waals surface area contributed by atoms with Gasteiger partial charge in [-0.3, -0.25) is 14.5 Å². The molecular weight excluding hydrogens is 542 g/mol. The quantitative estimate of drug-likeness (QED) is 0.0771. The van der Waals surface area contributed by atoms with Gasteiger partial charge in [-0.1, -0.05) is 102 Å². The summed E-state index contributed by atoms with van der Waals surface area (Å²) in [5.41, 5.74) is 4.44. The van der Waals surface area contributed by atoms with Gasteiger partial charge in [0.05, 0.1) is 18.2 Å². The van der Waals surface area contributed by atoms with Crippen LogP contribution in [-0.2, 0) is 15.3 Å². The minimum Gasteiger partial charge on any atom is -0.507 e. The number of carbonyl (C=O) groups excluding carboxylic acids is 2. The van der Waals surface area contributed by atoms with Crippen LogP contribution in [0.3, 0.4) is 0 Å². The molecule has 3 aromatic carbocycles. The largest absolute Gasteiger partial charge is 0.507 e. The van der Waals surface area contributed by atoms with Gasteiger partial charge >= 0.3 is 5.91 Å². The van der Waals surface area contributed by atoms with Crippen LogP contribution in [0, 0.1) is 13.8 Å². The van der Waals surface area contributed by atoms with Crippen molar-refractivity contribution in [1.29, 1.82) is 0 Å². The Hall–Kier alpha value is -3.95. The number of nitrogens with zero attached hydrogens (tertiary/aromatic N) is 3. The first kappa shape index (κ1) is 27.6. The number of amides is 1. The molecule has 4 aromatic rings. The van der Waals surface area contributed by atoms with Gasteiger partial charge in [0, 0.05) is 11.3 Å². The van der Waals surface area contributed by atoms with Crippen LogP contribution in [0.15, 0.2) is 82.7 Å². The minimum absolute atomic E-state index is 0.00514. The highest BCUT2D eigenvalue weighted by Crippen LogP contribution is 2.44. The van der Waals surface area contributed by atoms with Crippen molar-refractivity contribution in [3.63, 3.8) is 0 Å². The number of Topliss-reactive ketones (excluding diaryl/α,β-unsaturated/α-hetero) is 1. The van der Waals surface area contributed by atoms with Crippen molar-refractivity contribution in [2.45, 2.75) is 43.3 Å². The van der Waals surface area contributed by atoms with Crippen LogP contribution >= 0.6 is 23.1 Å². The molecule has 0 spiro atoms. The van der Waals surface area contributed by atoms with Crippen molar-refractivity contribution in [2.75, 3.05) is 11.5 Å². The number of anilines is 1. The lowest BCUT2D eigenvalue weighted by molar-refractivity contribution is -0.132. The van der Waals surface area contributed by atoms with Crippen molar-refractivity contribution >= 4 is 45.7 Å². The molecule has 1 saturated heterocycles. The average molecular weight is 572 g/mol. The van der Waals surface area contributed by atoms with Gasteiger partial charge in [-0.05, 0) is 43.5 Å². The van der Waals surface area contributed by atoms with Gasteiger partial charge in [-0.25, -0.2) is 0 Å². The first-order chi connectivity index (χ1) is 19.4. The number of thioether (sulfide) groups is 1. The Labute approximate surface area is 241 Å². The van der Waals surface area contributed by atoms with Gasteiger partial charge in [-0.2, -0.15) is 0 Å². The van der Waals surface area contributed by atoms with Crippen molar-refractivity contribution in [1.82, 2.24) is 10.2 Å². The Morgan fingerprint density at radius 1 is 1.00 bits per heavy atom. The van der Waals surface area contributed by atoms with E-state index in [0.29, 0.717) is 38.7 Å². The monoisotopic (exact) mass is 571 g/mol. The smallest absolute Gasteiger partial charge is 0.301 e. The molecule has 40 heavy (non-hydrogen) atoms. The van der Waals surface area contributed by atoms with E-state index in [1.165, 1.54) is 33.6 Å². The Bertz CT molecular complexity index is 1560. The zero-order valence-corrected chi connectivity index (χ0v) is 24.1. The lowest BCUT2D eigenvalue weighted by atomic mass is 9.95. The molecule has 9 heteroatoms. The van der Waals surface area contributed by atoms with Crippen molar-refractivity contribution in [3.8, 4) is 5.75 Å². The number of aryl methyl sites for hydroxylation is 2. The number of aliphatic hydroxyl groups is 1. The number of hydrogen-bond donors (Lipinski definition) is 1. The lowest BCUT2D eigenvalue weighted by Crippen LogP contribution is -2.29. The van der Waals surface area contributed by atoms with Crippen LogP contribution < -0.4 is 9.64 Å². The van der Waals surface area contributed by atoms with Gasteiger partial charge in [0.25, 0.3) is 5.78 Å². The SMILES string of the molecule is CCCOc1cccc(C2/C(=C(\O)c3ccc(C)cc3)C(=O)C(=O)N2c2nnc(SCc3ccc(C)cc3)s2)c1. The standard InChI is InChI=1S/C31H29N3O4S2/c1-4-16-38-24-7-5-6-23(17-24)26-25(27(35)22-14-10-20(3)11-15-22)28(36)29(37)34(26)30-32-33-31(40-30)39-18-21-12-8-19(2)9-13-21/h5-15,17,26,35H,4,16,18H2,1-3H3/b27-25+. The summed E-state index contributed by atoms with van der Waals surface area (Å²) in [6, 6.07) is 21.8. The third-order valence-electron chi connectivity index (χ3n) is 6.50. The average Bonchev–Trinajstić information content (AvgIpc) is 3.53.